The predicted octanol–water partition coefficient (Wildman–Crippen LogP) is 3.51. The smallest absolute Gasteiger partial charge is 0.347 e. The summed E-state index contributed by atoms with van der Waals surface area (Å²) in [6.45, 7) is 1.57. The summed E-state index contributed by atoms with van der Waals surface area (Å²) < 4.78 is 1.66. The van der Waals surface area contributed by atoms with Crippen molar-refractivity contribution in [3.05, 3.63) is 71.0 Å². The number of hydrogen-bond donors (Lipinski definition) is 2. The normalized spacial score (nSPS) is 18.5. The van der Waals surface area contributed by atoms with E-state index in [0.29, 0.717) is 18.2 Å². The summed E-state index contributed by atoms with van der Waals surface area (Å²) in [6.07, 6.45) is 5.65. The molecular weight excluding hydrogens is 402 g/mol. The minimum Gasteiger partial charge on any atom is -0.361 e. The van der Waals surface area contributed by atoms with E-state index in [2.05, 4.69) is 39.4 Å². The third kappa shape index (κ3) is 3.43. The van der Waals surface area contributed by atoms with Crippen LogP contribution in [-0.4, -0.2) is 43.6 Å². The molecule has 2 aromatic carbocycles. The largest absolute Gasteiger partial charge is 0.361 e. The van der Waals surface area contributed by atoms with Gasteiger partial charge >= 0.3 is 5.69 Å². The number of aromatic nitrogens is 4. The third-order valence-electron chi connectivity index (χ3n) is 6.75. The van der Waals surface area contributed by atoms with Gasteiger partial charge in [-0.1, -0.05) is 24.3 Å². The topological polar surface area (TPSA) is 86.8 Å². The summed E-state index contributed by atoms with van der Waals surface area (Å²) in [5.74, 6) is 1.62. The van der Waals surface area contributed by atoms with Gasteiger partial charge in [0.2, 0.25) is 5.91 Å². The summed E-state index contributed by atoms with van der Waals surface area (Å²) in [5.41, 5.74) is 3.88. The van der Waals surface area contributed by atoms with Crippen molar-refractivity contribution in [1.82, 2.24) is 24.6 Å². The molecule has 7 nitrogen and oxygen atoms in total. The molecule has 2 N–H and O–H groups in total. The first-order valence-electron chi connectivity index (χ1n) is 11.3. The number of fused-ring (bicyclic) bond motifs is 1. The maximum atomic E-state index is 12.5. The van der Waals surface area contributed by atoms with Crippen LogP contribution >= 0.6 is 0 Å². The van der Waals surface area contributed by atoms with Gasteiger partial charge in [0.25, 0.3) is 0 Å². The number of benzene rings is 2. The highest BCUT2D eigenvalue weighted by molar-refractivity contribution is 5.85. The maximum Gasteiger partial charge on any atom is 0.347 e. The zero-order valence-corrected chi connectivity index (χ0v) is 17.8. The highest BCUT2D eigenvalue weighted by atomic mass is 16.2. The molecule has 2 aliphatic rings. The molecule has 3 heterocycles. The molecule has 2 aromatic heterocycles. The van der Waals surface area contributed by atoms with E-state index in [-0.39, 0.29) is 11.6 Å². The van der Waals surface area contributed by atoms with Gasteiger partial charge in [0.1, 0.15) is 5.82 Å². The van der Waals surface area contributed by atoms with Crippen LogP contribution in [0.2, 0.25) is 0 Å². The molecule has 1 aliphatic heterocycles. The fourth-order valence-corrected chi connectivity index (χ4v) is 4.81. The van der Waals surface area contributed by atoms with Gasteiger partial charge in [-0.25, -0.2) is 14.5 Å². The van der Waals surface area contributed by atoms with Crippen LogP contribution in [0.3, 0.4) is 0 Å². The molecule has 0 spiro atoms. The van der Waals surface area contributed by atoms with Crippen molar-refractivity contribution in [2.75, 3.05) is 13.1 Å². The molecule has 0 unspecified atom stereocenters. The summed E-state index contributed by atoms with van der Waals surface area (Å²) in [4.78, 5) is 30.1. The van der Waals surface area contributed by atoms with E-state index in [1.165, 1.54) is 5.39 Å². The molecule has 1 atom stereocenters. The van der Waals surface area contributed by atoms with Gasteiger partial charge in [-0.2, -0.15) is 5.10 Å². The second-order valence-electron chi connectivity index (χ2n) is 9.02. The zero-order chi connectivity index (χ0) is 21.7. The Hall–Kier alpha value is -3.61. The molecule has 2 fully saturated rings. The van der Waals surface area contributed by atoms with Crippen LogP contribution in [0.15, 0.2) is 59.5 Å². The second-order valence-corrected chi connectivity index (χ2v) is 9.02. The van der Waals surface area contributed by atoms with Crippen LogP contribution in [0, 0.1) is 11.8 Å². The molecule has 1 saturated heterocycles. The lowest BCUT2D eigenvalue weighted by atomic mass is 10.0. The van der Waals surface area contributed by atoms with Crippen molar-refractivity contribution >= 4 is 16.8 Å². The molecule has 1 amide bonds. The number of nitrogens with one attached hydrogen (secondary N) is 2. The minimum absolute atomic E-state index is 0.232. The monoisotopic (exact) mass is 427 g/mol. The van der Waals surface area contributed by atoms with E-state index in [1.807, 2.05) is 35.4 Å². The van der Waals surface area contributed by atoms with Crippen LogP contribution in [0.25, 0.3) is 27.7 Å². The standard InChI is InChI=1S/C25H25N5O2/c31-24(19-2-3-19)29-12-10-16(15-29)13-23-27-28-25(32)30(23)21-7-5-17(6-8-21)20-4-1-18-9-11-26-22(18)14-20/h1,4-9,11,14,16,19,26H,2-3,10,12-13,15H2,(H,28,32)/t16-/m0/s1. The summed E-state index contributed by atoms with van der Waals surface area (Å²) in [6, 6.07) is 16.4. The Bertz CT molecular complexity index is 1340. The lowest BCUT2D eigenvalue weighted by Crippen LogP contribution is -2.30. The van der Waals surface area contributed by atoms with E-state index in [1.54, 1.807) is 4.57 Å². The van der Waals surface area contributed by atoms with Crippen LogP contribution in [-0.2, 0) is 11.2 Å². The molecular formula is C25H25N5O2. The van der Waals surface area contributed by atoms with Gasteiger partial charge in [-0.15, -0.1) is 0 Å². The van der Waals surface area contributed by atoms with E-state index in [0.717, 1.165) is 60.5 Å². The van der Waals surface area contributed by atoms with E-state index >= 15 is 0 Å². The molecule has 4 aromatic rings. The zero-order valence-electron chi connectivity index (χ0n) is 17.8. The number of rotatable bonds is 5. The Balaban J connectivity index is 1.22. The van der Waals surface area contributed by atoms with Gasteiger partial charge in [-0.3, -0.25) is 4.79 Å². The lowest BCUT2D eigenvalue weighted by Gasteiger charge is -2.16. The first-order chi connectivity index (χ1) is 15.7. The van der Waals surface area contributed by atoms with Crippen molar-refractivity contribution < 1.29 is 4.79 Å². The number of aromatic amines is 2. The molecule has 6 rings (SSSR count). The van der Waals surface area contributed by atoms with Crippen LogP contribution < -0.4 is 5.69 Å². The highest BCUT2D eigenvalue weighted by Gasteiger charge is 2.36. The Kier molecular flexibility index (Phi) is 4.48. The van der Waals surface area contributed by atoms with Gasteiger partial charge in [0.15, 0.2) is 0 Å². The van der Waals surface area contributed by atoms with Crippen molar-refractivity contribution in [2.24, 2.45) is 11.8 Å². The molecule has 32 heavy (non-hydrogen) atoms. The second kappa shape index (κ2) is 7.51. The first kappa shape index (κ1) is 19.1. The molecule has 162 valence electrons. The van der Waals surface area contributed by atoms with Crippen LogP contribution in [0.1, 0.15) is 25.1 Å². The van der Waals surface area contributed by atoms with E-state index in [4.69, 9.17) is 0 Å². The SMILES string of the molecule is O=C(C1CC1)N1CC[C@@H](Cc2n[nH]c(=O)n2-c2ccc(-c3ccc4cc[nH]c4c3)cc2)C1. The number of carbonyl (C=O) groups excluding carboxylic acids is 1. The van der Waals surface area contributed by atoms with Gasteiger partial charge in [0, 0.05) is 37.1 Å². The van der Waals surface area contributed by atoms with Crippen molar-refractivity contribution in [2.45, 2.75) is 25.7 Å². The number of nitrogens with zero attached hydrogens (tertiary/aromatic N) is 3. The van der Waals surface area contributed by atoms with Crippen molar-refractivity contribution in [3.8, 4) is 16.8 Å². The highest BCUT2D eigenvalue weighted by Crippen LogP contribution is 2.33. The van der Waals surface area contributed by atoms with Gasteiger partial charge in [0.05, 0.1) is 5.69 Å². The van der Waals surface area contributed by atoms with E-state index in [9.17, 15) is 9.59 Å². The molecule has 0 radical (unpaired) electrons. The maximum absolute atomic E-state index is 12.5. The average molecular weight is 428 g/mol. The van der Waals surface area contributed by atoms with Crippen LogP contribution in [0.5, 0.6) is 0 Å². The number of H-pyrrole nitrogens is 2. The molecule has 7 heteroatoms. The first-order valence-corrected chi connectivity index (χ1v) is 11.3. The molecule has 1 aliphatic carbocycles. The average Bonchev–Trinajstić information content (AvgIpc) is 3.20. The third-order valence-corrected chi connectivity index (χ3v) is 6.75. The minimum atomic E-state index is -0.232. The van der Waals surface area contributed by atoms with Crippen molar-refractivity contribution in [1.29, 1.82) is 0 Å². The Morgan fingerprint density at radius 1 is 1.03 bits per heavy atom. The number of carbonyl (C=O) groups is 1. The summed E-state index contributed by atoms with van der Waals surface area (Å²) in [5, 5.41) is 8.09. The fraction of sp³-hybridized carbons (Fsp3) is 0.320. The number of likely N-dealkylation sites (tertiary alicyclic amines) is 1. The fourth-order valence-electron chi connectivity index (χ4n) is 4.81. The van der Waals surface area contributed by atoms with Gasteiger partial charge in [-0.05, 0) is 66.0 Å². The Morgan fingerprint density at radius 2 is 1.84 bits per heavy atom. The lowest BCUT2D eigenvalue weighted by molar-refractivity contribution is -0.131. The van der Waals surface area contributed by atoms with Crippen molar-refractivity contribution in [3.63, 3.8) is 0 Å². The predicted molar refractivity (Wildman–Crippen MR) is 123 cm³/mol. The van der Waals surface area contributed by atoms with E-state index < -0.39 is 0 Å². The summed E-state index contributed by atoms with van der Waals surface area (Å²) in [7, 11) is 0. The van der Waals surface area contributed by atoms with Gasteiger partial charge < -0.3 is 9.88 Å². The van der Waals surface area contributed by atoms with Crippen LogP contribution in [0.4, 0.5) is 0 Å². The Morgan fingerprint density at radius 3 is 2.66 bits per heavy atom. The molecule has 1 saturated carbocycles. The molecule has 0 bridgehead atoms. The number of amides is 1. The summed E-state index contributed by atoms with van der Waals surface area (Å²) >= 11 is 0. The Labute approximate surface area is 185 Å². The number of hydrogen-bond acceptors (Lipinski definition) is 3. The quantitative estimate of drug-likeness (QED) is 0.511.